The molecule has 162 valence electrons. The Hall–Kier alpha value is -2.04. The summed E-state index contributed by atoms with van der Waals surface area (Å²) in [4.78, 5) is 14.7. The van der Waals surface area contributed by atoms with E-state index >= 15 is 0 Å². The van der Waals surface area contributed by atoms with Gasteiger partial charge in [-0.05, 0) is 36.8 Å². The molecule has 1 N–H and O–H groups in total. The number of aromatic amines is 1. The van der Waals surface area contributed by atoms with Gasteiger partial charge in [0.1, 0.15) is 6.26 Å². The average molecular weight is 440 g/mol. The van der Waals surface area contributed by atoms with Crippen LogP contribution in [0, 0.1) is 0 Å². The number of fused-ring (bicyclic) bond motifs is 1. The molecule has 3 heterocycles. The van der Waals surface area contributed by atoms with Gasteiger partial charge in [-0.25, -0.2) is 0 Å². The molecule has 6 nitrogen and oxygen atoms in total. The molecular formula is C20H23F3N4O2S. The molecule has 1 saturated heterocycles. The lowest BCUT2D eigenvalue weighted by Gasteiger charge is -2.33. The maximum absolute atomic E-state index is 13.3. The summed E-state index contributed by atoms with van der Waals surface area (Å²) in [6, 6.07) is 5.69. The maximum Gasteiger partial charge on any atom is 0.416 e. The van der Waals surface area contributed by atoms with Crippen LogP contribution >= 0.6 is 0 Å². The molecule has 2 aliphatic heterocycles. The lowest BCUT2D eigenvalue weighted by atomic mass is 9.86. The molecule has 1 fully saturated rings. The summed E-state index contributed by atoms with van der Waals surface area (Å²) in [6.07, 6.45) is -1.22. The first-order valence-electron chi connectivity index (χ1n) is 9.85. The number of alkyl halides is 3. The first-order valence-corrected chi connectivity index (χ1v) is 11.4. The highest BCUT2D eigenvalue weighted by Crippen LogP contribution is 2.38. The summed E-state index contributed by atoms with van der Waals surface area (Å²) >= 11 is -1.09. The molecule has 30 heavy (non-hydrogen) atoms. The smallest absolute Gasteiger partial charge is 0.416 e. The molecule has 0 saturated carbocycles. The predicted molar refractivity (Wildman–Crippen MR) is 106 cm³/mol. The third-order valence-corrected chi connectivity index (χ3v) is 6.99. The van der Waals surface area contributed by atoms with E-state index in [1.165, 1.54) is 6.07 Å². The fraction of sp³-hybridized carbons (Fsp3) is 0.500. The lowest BCUT2D eigenvalue weighted by Crippen LogP contribution is -2.39. The Labute approximate surface area is 175 Å². The minimum Gasteiger partial charge on any atom is -0.598 e. The van der Waals surface area contributed by atoms with Gasteiger partial charge in [-0.1, -0.05) is 18.2 Å². The fourth-order valence-corrected chi connectivity index (χ4v) is 5.00. The zero-order chi connectivity index (χ0) is 21.5. The van der Waals surface area contributed by atoms with Crippen LogP contribution in [0.2, 0.25) is 0 Å². The first kappa shape index (κ1) is 21.2. The van der Waals surface area contributed by atoms with Gasteiger partial charge in [-0.15, -0.1) is 4.31 Å². The number of halogens is 3. The molecule has 2 aromatic rings. The van der Waals surface area contributed by atoms with E-state index in [4.69, 9.17) is 0 Å². The topological polar surface area (TPSA) is 75.3 Å². The number of piperidine rings is 1. The van der Waals surface area contributed by atoms with Crippen molar-refractivity contribution >= 4 is 17.3 Å². The van der Waals surface area contributed by atoms with Gasteiger partial charge in [0.25, 0.3) is 5.91 Å². The minimum absolute atomic E-state index is 0.193. The van der Waals surface area contributed by atoms with Crippen LogP contribution in [-0.2, 0) is 30.5 Å². The van der Waals surface area contributed by atoms with Crippen LogP contribution in [0.25, 0.3) is 0 Å². The number of likely N-dealkylation sites (tertiary alicyclic amines) is 1. The number of aromatic nitrogens is 2. The Morgan fingerprint density at radius 3 is 2.60 bits per heavy atom. The van der Waals surface area contributed by atoms with Crippen LogP contribution in [-0.4, -0.2) is 55.8 Å². The van der Waals surface area contributed by atoms with Gasteiger partial charge in [0.05, 0.1) is 17.8 Å². The van der Waals surface area contributed by atoms with E-state index in [9.17, 15) is 22.5 Å². The molecule has 1 unspecified atom stereocenters. The number of nitrogens with zero attached hydrogens (tertiary/aromatic N) is 3. The summed E-state index contributed by atoms with van der Waals surface area (Å²) < 4.78 is 53.5. The molecule has 1 atom stereocenters. The Morgan fingerprint density at radius 1 is 1.23 bits per heavy atom. The predicted octanol–water partition coefficient (Wildman–Crippen LogP) is 3.10. The highest BCUT2D eigenvalue weighted by molar-refractivity contribution is 7.88. The summed E-state index contributed by atoms with van der Waals surface area (Å²) in [6.45, 7) is 1.83. The van der Waals surface area contributed by atoms with Crippen molar-refractivity contribution in [2.75, 3.05) is 25.9 Å². The number of amides is 1. The first-order chi connectivity index (χ1) is 14.3. The van der Waals surface area contributed by atoms with E-state index in [1.807, 2.05) is 0 Å². The van der Waals surface area contributed by atoms with E-state index in [0.717, 1.165) is 17.3 Å². The van der Waals surface area contributed by atoms with Crippen molar-refractivity contribution in [1.29, 1.82) is 0 Å². The zero-order valence-corrected chi connectivity index (χ0v) is 17.4. The number of hydrogen-bond donors (Lipinski definition) is 1. The molecule has 2 aliphatic rings. The van der Waals surface area contributed by atoms with Crippen molar-refractivity contribution in [2.45, 2.75) is 37.9 Å². The van der Waals surface area contributed by atoms with Crippen molar-refractivity contribution in [3.8, 4) is 0 Å². The van der Waals surface area contributed by atoms with Gasteiger partial charge in [0, 0.05) is 36.6 Å². The van der Waals surface area contributed by atoms with Crippen LogP contribution in [0.15, 0.2) is 24.3 Å². The largest absolute Gasteiger partial charge is 0.598 e. The van der Waals surface area contributed by atoms with Crippen LogP contribution in [0.1, 0.15) is 51.6 Å². The second kappa shape index (κ2) is 8.24. The van der Waals surface area contributed by atoms with E-state index in [2.05, 4.69) is 10.2 Å². The van der Waals surface area contributed by atoms with Crippen LogP contribution < -0.4 is 0 Å². The minimum atomic E-state index is -4.38. The average Bonchev–Trinajstić information content (AvgIpc) is 3.16. The van der Waals surface area contributed by atoms with Gasteiger partial charge in [-0.2, -0.15) is 18.3 Å². The van der Waals surface area contributed by atoms with Crippen LogP contribution in [0.3, 0.4) is 0 Å². The van der Waals surface area contributed by atoms with Crippen molar-refractivity contribution in [3.05, 3.63) is 52.3 Å². The molecule has 0 radical (unpaired) electrons. The lowest BCUT2D eigenvalue weighted by molar-refractivity contribution is -0.138. The van der Waals surface area contributed by atoms with Gasteiger partial charge in [0.15, 0.2) is 5.69 Å². The molecule has 0 spiro atoms. The number of H-pyrrole nitrogens is 1. The number of carbonyl (C=O) groups is 1. The Kier molecular flexibility index (Phi) is 5.82. The summed E-state index contributed by atoms with van der Waals surface area (Å²) in [5.74, 6) is -0.422. The SMILES string of the molecule is C[S+]([O-])N1CCc2c(C(=O)N3CCC(c4ccccc4C(F)(F)F)CC3)n[nH]c2C1. The Morgan fingerprint density at radius 2 is 1.93 bits per heavy atom. The normalized spacial score (nSPS) is 19.6. The van der Waals surface area contributed by atoms with Crippen LogP contribution in [0.4, 0.5) is 13.2 Å². The Bertz CT molecular complexity index is 923. The summed E-state index contributed by atoms with van der Waals surface area (Å²) in [5.41, 5.74) is 1.75. The molecule has 0 bridgehead atoms. The van der Waals surface area contributed by atoms with Gasteiger partial charge < -0.3 is 9.45 Å². The number of rotatable bonds is 3. The highest BCUT2D eigenvalue weighted by atomic mass is 32.2. The van der Waals surface area contributed by atoms with Crippen molar-refractivity contribution < 1.29 is 22.5 Å². The molecule has 1 aromatic carbocycles. The standard InChI is InChI=1S/C20H23F3N4O2S/c1-30(29)27-11-8-15-17(12-27)24-25-18(15)19(28)26-9-6-13(7-10-26)14-4-2-3-5-16(14)20(21,22)23/h2-5,13H,6-12H2,1H3,(H,24,25). The van der Waals surface area contributed by atoms with Gasteiger partial charge in [0.2, 0.25) is 0 Å². The zero-order valence-electron chi connectivity index (χ0n) is 16.5. The monoisotopic (exact) mass is 440 g/mol. The van der Waals surface area contributed by atoms with E-state index in [1.54, 1.807) is 27.6 Å². The molecule has 0 aliphatic carbocycles. The molecule has 1 amide bonds. The quantitative estimate of drug-likeness (QED) is 0.745. The van der Waals surface area contributed by atoms with Gasteiger partial charge >= 0.3 is 6.18 Å². The fourth-order valence-electron chi connectivity index (χ4n) is 4.34. The van der Waals surface area contributed by atoms with E-state index < -0.39 is 23.1 Å². The molecular weight excluding hydrogens is 417 g/mol. The van der Waals surface area contributed by atoms with Crippen molar-refractivity contribution in [2.24, 2.45) is 0 Å². The number of nitrogens with one attached hydrogen (secondary N) is 1. The number of hydrogen-bond acceptors (Lipinski definition) is 4. The third-order valence-electron chi connectivity index (χ3n) is 5.95. The number of benzene rings is 1. The van der Waals surface area contributed by atoms with E-state index in [-0.39, 0.29) is 11.8 Å². The summed E-state index contributed by atoms with van der Waals surface area (Å²) in [7, 11) is 0. The van der Waals surface area contributed by atoms with Crippen molar-refractivity contribution in [1.82, 2.24) is 19.4 Å². The van der Waals surface area contributed by atoms with Gasteiger partial charge in [-0.3, -0.25) is 9.89 Å². The second-order valence-electron chi connectivity index (χ2n) is 7.72. The molecule has 1 aromatic heterocycles. The van der Waals surface area contributed by atoms with Crippen molar-refractivity contribution in [3.63, 3.8) is 0 Å². The van der Waals surface area contributed by atoms with Crippen LogP contribution in [0.5, 0.6) is 0 Å². The third kappa shape index (κ3) is 4.08. The number of carbonyl (C=O) groups excluding carboxylic acids is 1. The second-order valence-corrected chi connectivity index (χ2v) is 9.08. The molecule has 10 heteroatoms. The maximum atomic E-state index is 13.3. The summed E-state index contributed by atoms with van der Waals surface area (Å²) in [5, 5.41) is 7.09. The molecule has 4 rings (SSSR count). The Balaban J connectivity index is 1.44. The highest BCUT2D eigenvalue weighted by Gasteiger charge is 2.37. The van der Waals surface area contributed by atoms with E-state index in [0.29, 0.717) is 56.7 Å².